The van der Waals surface area contributed by atoms with Gasteiger partial charge in [0.05, 0.1) is 12.5 Å². The molecule has 0 spiro atoms. The van der Waals surface area contributed by atoms with Crippen molar-refractivity contribution < 1.29 is 23.2 Å². The van der Waals surface area contributed by atoms with Gasteiger partial charge in [-0.25, -0.2) is 8.78 Å². The van der Waals surface area contributed by atoms with Crippen LogP contribution in [0, 0.1) is 11.6 Å². The second kappa shape index (κ2) is 10.7. The van der Waals surface area contributed by atoms with Gasteiger partial charge in [0.25, 0.3) is 5.91 Å². The zero-order valence-electron chi connectivity index (χ0n) is 19.8. The maximum atomic E-state index is 14.2. The first-order valence-electron chi connectivity index (χ1n) is 11.5. The van der Waals surface area contributed by atoms with E-state index in [1.54, 1.807) is 62.5 Å². The van der Waals surface area contributed by atoms with Crippen LogP contribution in [0.3, 0.4) is 0 Å². The summed E-state index contributed by atoms with van der Waals surface area (Å²) < 4.78 is 28.4. The van der Waals surface area contributed by atoms with Crippen molar-refractivity contribution in [3.63, 3.8) is 0 Å². The molecule has 3 amide bonds. The normalized spacial score (nSPS) is 15.2. The fourth-order valence-electron chi connectivity index (χ4n) is 4.14. The van der Waals surface area contributed by atoms with Crippen molar-refractivity contribution in [2.75, 3.05) is 17.7 Å². The molecule has 0 aromatic heterocycles. The molecule has 7 nitrogen and oxygen atoms in total. The number of rotatable bonds is 7. The van der Waals surface area contributed by atoms with Gasteiger partial charge in [0.1, 0.15) is 23.4 Å². The number of fused-ring (bicyclic) bond motifs is 1. The molecule has 1 aliphatic heterocycles. The zero-order chi connectivity index (χ0) is 25.8. The van der Waals surface area contributed by atoms with E-state index < -0.39 is 35.3 Å². The number of amides is 3. The monoisotopic (exact) mass is 492 g/mol. The highest BCUT2D eigenvalue weighted by Crippen LogP contribution is 2.36. The number of benzene rings is 3. The first-order chi connectivity index (χ1) is 17.3. The Labute approximate surface area is 207 Å². The first-order valence-corrected chi connectivity index (χ1v) is 11.5. The van der Waals surface area contributed by atoms with E-state index in [1.807, 2.05) is 0 Å². The number of carbonyl (C=O) groups is 3. The van der Waals surface area contributed by atoms with E-state index in [-0.39, 0.29) is 24.8 Å². The van der Waals surface area contributed by atoms with Gasteiger partial charge in [-0.15, -0.1) is 0 Å². The summed E-state index contributed by atoms with van der Waals surface area (Å²) in [5, 5.41) is 8.00. The van der Waals surface area contributed by atoms with Gasteiger partial charge < -0.3 is 20.9 Å². The molecule has 2 atom stereocenters. The van der Waals surface area contributed by atoms with Gasteiger partial charge in [-0.1, -0.05) is 48.5 Å². The molecule has 36 heavy (non-hydrogen) atoms. The maximum Gasteiger partial charge on any atom is 0.252 e. The number of para-hydroxylation sites is 2. The molecule has 3 N–H and O–H groups in total. The maximum absolute atomic E-state index is 14.2. The standard InChI is InChI=1S/C27H26F2N4O3/c1-16(30-2)26(35)31-22-13-6-4-8-17(22)14-23(34)33-15-18-9-3-5-10-19(18)25(33)27(36)32-24-20(28)11-7-12-21(24)29/h3-13,16,25,30H,14-15H2,1-2H3,(H,31,35)(H,32,36)/t16?,25-/m0/s1. The van der Waals surface area contributed by atoms with Crippen molar-refractivity contribution >= 4 is 29.1 Å². The van der Waals surface area contributed by atoms with Gasteiger partial charge in [-0.2, -0.15) is 0 Å². The quantitative estimate of drug-likeness (QED) is 0.468. The van der Waals surface area contributed by atoms with Gasteiger partial charge in [0.15, 0.2) is 0 Å². The Morgan fingerprint density at radius 1 is 0.944 bits per heavy atom. The number of nitrogens with one attached hydrogen (secondary N) is 3. The van der Waals surface area contributed by atoms with E-state index in [0.29, 0.717) is 16.8 Å². The number of hydrogen-bond donors (Lipinski definition) is 3. The van der Waals surface area contributed by atoms with Crippen LogP contribution in [-0.2, 0) is 27.3 Å². The lowest BCUT2D eigenvalue weighted by Crippen LogP contribution is -2.38. The van der Waals surface area contributed by atoms with Crippen LogP contribution in [-0.4, -0.2) is 35.7 Å². The molecule has 186 valence electrons. The fourth-order valence-corrected chi connectivity index (χ4v) is 4.14. The molecular formula is C27H26F2N4O3. The fraction of sp³-hybridized carbons (Fsp3) is 0.222. The van der Waals surface area contributed by atoms with Gasteiger partial charge >= 0.3 is 0 Å². The predicted molar refractivity (Wildman–Crippen MR) is 132 cm³/mol. The number of hydrogen-bond acceptors (Lipinski definition) is 4. The van der Waals surface area contributed by atoms with Crippen molar-refractivity contribution in [3.05, 3.63) is 95.1 Å². The molecule has 4 rings (SSSR count). The molecule has 0 saturated carbocycles. The molecule has 3 aromatic carbocycles. The Hall–Kier alpha value is -4.11. The molecule has 0 aliphatic carbocycles. The summed E-state index contributed by atoms with van der Waals surface area (Å²) in [5.74, 6) is -3.17. The van der Waals surface area contributed by atoms with E-state index in [9.17, 15) is 23.2 Å². The minimum Gasteiger partial charge on any atom is -0.324 e. The van der Waals surface area contributed by atoms with Crippen LogP contribution >= 0.6 is 0 Å². The minimum absolute atomic E-state index is 0.0871. The van der Waals surface area contributed by atoms with Crippen LogP contribution < -0.4 is 16.0 Å². The molecular weight excluding hydrogens is 466 g/mol. The summed E-state index contributed by atoms with van der Waals surface area (Å²) in [6.45, 7) is 1.88. The number of halogens is 2. The van der Waals surface area contributed by atoms with Crippen LogP contribution in [0.2, 0.25) is 0 Å². The lowest BCUT2D eigenvalue weighted by molar-refractivity contribution is -0.138. The molecule has 1 aliphatic rings. The van der Waals surface area contributed by atoms with E-state index in [1.165, 1.54) is 11.0 Å². The highest BCUT2D eigenvalue weighted by molar-refractivity contribution is 6.00. The summed E-state index contributed by atoms with van der Waals surface area (Å²) in [5.41, 5.74) is 1.86. The Bertz CT molecular complexity index is 1290. The van der Waals surface area contributed by atoms with Crippen molar-refractivity contribution in [2.24, 2.45) is 0 Å². The number of likely N-dealkylation sites (N-methyl/N-ethyl adjacent to an activating group) is 1. The highest BCUT2D eigenvalue weighted by atomic mass is 19.1. The summed E-state index contributed by atoms with van der Waals surface area (Å²) in [7, 11) is 1.67. The minimum atomic E-state index is -1.07. The summed E-state index contributed by atoms with van der Waals surface area (Å²) in [6.07, 6.45) is -0.0871. The third-order valence-corrected chi connectivity index (χ3v) is 6.22. The number of nitrogens with zero attached hydrogens (tertiary/aromatic N) is 1. The molecule has 0 fully saturated rings. The Balaban J connectivity index is 1.60. The molecule has 0 radical (unpaired) electrons. The predicted octanol–water partition coefficient (Wildman–Crippen LogP) is 3.78. The molecule has 1 heterocycles. The van der Waals surface area contributed by atoms with Crippen LogP contribution in [0.15, 0.2) is 66.7 Å². The molecule has 9 heteroatoms. The van der Waals surface area contributed by atoms with E-state index in [2.05, 4.69) is 16.0 Å². The third-order valence-electron chi connectivity index (χ3n) is 6.22. The van der Waals surface area contributed by atoms with Crippen LogP contribution in [0.5, 0.6) is 0 Å². The van der Waals surface area contributed by atoms with Gasteiger partial charge in [0, 0.05) is 12.2 Å². The summed E-state index contributed by atoms with van der Waals surface area (Å²) in [6, 6.07) is 15.8. The third kappa shape index (κ3) is 5.11. The lowest BCUT2D eigenvalue weighted by Gasteiger charge is -2.25. The largest absolute Gasteiger partial charge is 0.324 e. The van der Waals surface area contributed by atoms with Crippen molar-refractivity contribution in [1.82, 2.24) is 10.2 Å². The first kappa shape index (κ1) is 25.0. The Kier molecular flexibility index (Phi) is 7.40. The Morgan fingerprint density at radius 3 is 2.33 bits per heavy atom. The highest BCUT2D eigenvalue weighted by Gasteiger charge is 2.38. The van der Waals surface area contributed by atoms with E-state index in [4.69, 9.17) is 0 Å². The number of carbonyl (C=O) groups excluding carboxylic acids is 3. The van der Waals surface area contributed by atoms with Crippen molar-refractivity contribution in [3.8, 4) is 0 Å². The average molecular weight is 493 g/mol. The van der Waals surface area contributed by atoms with Gasteiger partial charge in [-0.3, -0.25) is 14.4 Å². The van der Waals surface area contributed by atoms with Crippen molar-refractivity contribution in [1.29, 1.82) is 0 Å². The van der Waals surface area contributed by atoms with Crippen LogP contribution in [0.1, 0.15) is 29.7 Å². The lowest BCUT2D eigenvalue weighted by atomic mass is 10.0. The smallest absolute Gasteiger partial charge is 0.252 e. The van der Waals surface area contributed by atoms with Gasteiger partial charge in [-0.05, 0) is 48.9 Å². The van der Waals surface area contributed by atoms with Crippen LogP contribution in [0.4, 0.5) is 20.2 Å². The molecule has 0 saturated heterocycles. The van der Waals surface area contributed by atoms with E-state index in [0.717, 1.165) is 17.7 Å². The second-order valence-corrected chi connectivity index (χ2v) is 8.54. The second-order valence-electron chi connectivity index (χ2n) is 8.54. The summed E-state index contributed by atoms with van der Waals surface area (Å²) >= 11 is 0. The summed E-state index contributed by atoms with van der Waals surface area (Å²) in [4.78, 5) is 40.5. The topological polar surface area (TPSA) is 90.5 Å². The van der Waals surface area contributed by atoms with Crippen molar-refractivity contribution in [2.45, 2.75) is 32.0 Å². The van der Waals surface area contributed by atoms with Crippen LogP contribution in [0.25, 0.3) is 0 Å². The molecule has 1 unspecified atom stereocenters. The molecule has 0 bridgehead atoms. The van der Waals surface area contributed by atoms with E-state index >= 15 is 0 Å². The SMILES string of the molecule is CNC(C)C(=O)Nc1ccccc1CC(=O)N1Cc2ccccc2[C@H]1C(=O)Nc1c(F)cccc1F. The molecule has 3 aromatic rings. The average Bonchev–Trinajstić information content (AvgIpc) is 3.27. The number of anilines is 2. The van der Waals surface area contributed by atoms with Gasteiger partial charge in [0.2, 0.25) is 11.8 Å². The Morgan fingerprint density at radius 2 is 1.61 bits per heavy atom. The zero-order valence-corrected chi connectivity index (χ0v) is 19.8.